The molecule has 1 aromatic carbocycles. The number of rotatable bonds is 5. The number of hydrogen-bond acceptors (Lipinski definition) is 4. The highest BCUT2D eigenvalue weighted by molar-refractivity contribution is 6.12. The molecular formula is C22H29FN4O3. The van der Waals surface area contributed by atoms with Crippen LogP contribution in [0, 0.1) is 11.7 Å². The summed E-state index contributed by atoms with van der Waals surface area (Å²) in [7, 11) is 0. The summed E-state index contributed by atoms with van der Waals surface area (Å²) in [6.07, 6.45) is 3.65. The Kier molecular flexibility index (Phi) is 6.04. The van der Waals surface area contributed by atoms with Crippen molar-refractivity contribution in [2.45, 2.75) is 38.6 Å². The highest BCUT2D eigenvalue weighted by Gasteiger charge is 2.42. The number of nitrogens with one attached hydrogen (secondary N) is 1. The van der Waals surface area contributed by atoms with E-state index in [4.69, 9.17) is 0 Å². The van der Waals surface area contributed by atoms with Crippen LogP contribution in [0.25, 0.3) is 0 Å². The van der Waals surface area contributed by atoms with Gasteiger partial charge in [-0.05, 0) is 62.9 Å². The number of carbonyl (C=O) groups is 3. The van der Waals surface area contributed by atoms with Crippen LogP contribution in [0.2, 0.25) is 0 Å². The van der Waals surface area contributed by atoms with Gasteiger partial charge in [0.2, 0.25) is 11.8 Å². The number of halogens is 1. The number of hydrogen-bond donors (Lipinski definition) is 1. The van der Waals surface area contributed by atoms with Gasteiger partial charge in [-0.2, -0.15) is 0 Å². The van der Waals surface area contributed by atoms with Crippen molar-refractivity contribution in [3.8, 4) is 0 Å². The first-order chi connectivity index (χ1) is 14.4. The van der Waals surface area contributed by atoms with Gasteiger partial charge in [0.05, 0.1) is 11.3 Å². The van der Waals surface area contributed by atoms with Crippen LogP contribution in [0.3, 0.4) is 0 Å². The summed E-state index contributed by atoms with van der Waals surface area (Å²) in [5.74, 6) is -0.680. The van der Waals surface area contributed by atoms with Crippen LogP contribution in [0.4, 0.5) is 10.1 Å². The van der Waals surface area contributed by atoms with Crippen molar-refractivity contribution < 1.29 is 18.8 Å². The van der Waals surface area contributed by atoms with E-state index in [9.17, 15) is 18.8 Å². The number of carbonyl (C=O) groups excluding carboxylic acids is 3. The van der Waals surface area contributed by atoms with E-state index in [2.05, 4.69) is 17.1 Å². The summed E-state index contributed by atoms with van der Waals surface area (Å²) in [5, 5.41) is 2.88. The highest BCUT2D eigenvalue weighted by Crippen LogP contribution is 2.32. The SMILES string of the molecule is CC1CCN(CCNC(=O)CN2C(=O)C3CCCN3C(=O)c3ccc(F)cc32)CC1. The van der Waals surface area contributed by atoms with Crippen molar-refractivity contribution in [2.24, 2.45) is 5.92 Å². The summed E-state index contributed by atoms with van der Waals surface area (Å²) in [6.45, 7) is 5.88. The molecule has 7 nitrogen and oxygen atoms in total. The third-order valence-corrected chi connectivity index (χ3v) is 6.47. The second-order valence-electron chi connectivity index (χ2n) is 8.62. The molecule has 1 unspecified atom stereocenters. The molecule has 0 radical (unpaired) electrons. The van der Waals surface area contributed by atoms with Gasteiger partial charge in [-0.3, -0.25) is 14.4 Å². The topological polar surface area (TPSA) is 73.0 Å². The van der Waals surface area contributed by atoms with E-state index in [1.165, 1.54) is 35.9 Å². The van der Waals surface area contributed by atoms with Crippen molar-refractivity contribution in [3.05, 3.63) is 29.6 Å². The molecule has 0 bridgehead atoms. The number of nitrogens with zero attached hydrogens (tertiary/aromatic N) is 3. The first-order valence-corrected chi connectivity index (χ1v) is 10.8. The van der Waals surface area contributed by atoms with Crippen LogP contribution >= 0.6 is 0 Å². The molecule has 3 heterocycles. The first-order valence-electron chi connectivity index (χ1n) is 10.8. The zero-order valence-electron chi connectivity index (χ0n) is 17.4. The average Bonchev–Trinajstić information content (AvgIpc) is 3.20. The smallest absolute Gasteiger partial charge is 0.256 e. The molecule has 8 heteroatoms. The maximum Gasteiger partial charge on any atom is 0.256 e. The number of benzene rings is 1. The standard InChI is InChI=1S/C22H29FN4O3/c1-15-6-10-25(11-7-15)12-8-24-20(28)14-27-19-13-16(23)4-5-17(19)21(29)26-9-2-3-18(26)22(27)30/h4-5,13,15,18H,2-3,6-12,14H2,1H3,(H,24,28). The van der Waals surface area contributed by atoms with Crippen molar-refractivity contribution >= 4 is 23.4 Å². The largest absolute Gasteiger partial charge is 0.353 e. The van der Waals surface area contributed by atoms with Gasteiger partial charge in [0, 0.05) is 19.6 Å². The van der Waals surface area contributed by atoms with E-state index < -0.39 is 11.9 Å². The minimum atomic E-state index is -0.587. The molecule has 2 fully saturated rings. The zero-order chi connectivity index (χ0) is 21.3. The summed E-state index contributed by atoms with van der Waals surface area (Å²) in [5.41, 5.74) is 0.448. The molecule has 3 aliphatic heterocycles. The van der Waals surface area contributed by atoms with Crippen LogP contribution in [-0.4, -0.2) is 72.8 Å². The van der Waals surface area contributed by atoms with E-state index in [1.807, 2.05) is 0 Å². The molecule has 3 aliphatic rings. The van der Waals surface area contributed by atoms with E-state index in [-0.39, 0.29) is 35.5 Å². The Morgan fingerprint density at radius 1 is 1.17 bits per heavy atom. The van der Waals surface area contributed by atoms with E-state index in [0.717, 1.165) is 32.0 Å². The average molecular weight is 416 g/mol. The van der Waals surface area contributed by atoms with Gasteiger partial charge in [0.15, 0.2) is 0 Å². The maximum absolute atomic E-state index is 13.9. The van der Waals surface area contributed by atoms with E-state index in [0.29, 0.717) is 19.5 Å². The van der Waals surface area contributed by atoms with Crippen LogP contribution < -0.4 is 10.2 Å². The van der Waals surface area contributed by atoms with Crippen molar-refractivity contribution in [3.63, 3.8) is 0 Å². The van der Waals surface area contributed by atoms with Gasteiger partial charge in [-0.1, -0.05) is 6.92 Å². The molecule has 1 atom stereocenters. The minimum Gasteiger partial charge on any atom is -0.353 e. The van der Waals surface area contributed by atoms with E-state index in [1.54, 1.807) is 4.90 Å². The molecule has 162 valence electrons. The predicted octanol–water partition coefficient (Wildman–Crippen LogP) is 1.62. The lowest BCUT2D eigenvalue weighted by molar-refractivity contribution is -0.125. The fourth-order valence-electron chi connectivity index (χ4n) is 4.63. The van der Waals surface area contributed by atoms with Crippen molar-refractivity contribution in [1.82, 2.24) is 15.1 Å². The van der Waals surface area contributed by atoms with E-state index >= 15 is 0 Å². The molecule has 0 aromatic heterocycles. The monoisotopic (exact) mass is 416 g/mol. The summed E-state index contributed by atoms with van der Waals surface area (Å²) in [6, 6.07) is 3.21. The van der Waals surface area contributed by atoms with Gasteiger partial charge in [0.1, 0.15) is 18.4 Å². The van der Waals surface area contributed by atoms with Gasteiger partial charge in [-0.25, -0.2) is 4.39 Å². The molecule has 4 rings (SSSR count). The molecule has 30 heavy (non-hydrogen) atoms. The third kappa shape index (κ3) is 4.19. The summed E-state index contributed by atoms with van der Waals surface area (Å²) < 4.78 is 13.9. The molecule has 1 aromatic rings. The lowest BCUT2D eigenvalue weighted by Crippen LogP contribution is -2.48. The van der Waals surface area contributed by atoms with Crippen LogP contribution in [0.15, 0.2) is 18.2 Å². The molecule has 0 spiro atoms. The Bertz CT molecular complexity index is 838. The molecule has 2 saturated heterocycles. The fourth-order valence-corrected chi connectivity index (χ4v) is 4.63. The Morgan fingerprint density at radius 2 is 1.93 bits per heavy atom. The lowest BCUT2D eigenvalue weighted by Gasteiger charge is -2.30. The van der Waals surface area contributed by atoms with Gasteiger partial charge in [0.25, 0.3) is 5.91 Å². The number of anilines is 1. The molecule has 0 aliphatic carbocycles. The van der Waals surface area contributed by atoms with Gasteiger partial charge >= 0.3 is 0 Å². The minimum absolute atomic E-state index is 0.180. The Balaban J connectivity index is 1.44. The fraction of sp³-hybridized carbons (Fsp3) is 0.591. The number of likely N-dealkylation sites (tertiary alicyclic amines) is 1. The summed E-state index contributed by atoms with van der Waals surface area (Å²) in [4.78, 5) is 43.8. The van der Waals surface area contributed by atoms with Crippen molar-refractivity contribution in [2.75, 3.05) is 44.2 Å². The number of fused-ring (bicyclic) bond motifs is 2. The highest BCUT2D eigenvalue weighted by atomic mass is 19.1. The Morgan fingerprint density at radius 3 is 2.70 bits per heavy atom. The maximum atomic E-state index is 13.9. The normalized spacial score (nSPS) is 22.7. The van der Waals surface area contributed by atoms with Gasteiger partial charge < -0.3 is 20.0 Å². The lowest BCUT2D eigenvalue weighted by atomic mass is 9.99. The third-order valence-electron chi connectivity index (χ3n) is 6.47. The van der Waals surface area contributed by atoms with Crippen molar-refractivity contribution in [1.29, 1.82) is 0 Å². The zero-order valence-corrected chi connectivity index (χ0v) is 17.4. The number of amides is 3. The van der Waals surface area contributed by atoms with Crippen LogP contribution in [0.5, 0.6) is 0 Å². The molecule has 1 N–H and O–H groups in total. The quantitative estimate of drug-likeness (QED) is 0.792. The molecular weight excluding hydrogens is 387 g/mol. The van der Waals surface area contributed by atoms with Crippen LogP contribution in [-0.2, 0) is 9.59 Å². The Hall–Kier alpha value is -2.48. The second-order valence-corrected chi connectivity index (χ2v) is 8.62. The summed E-state index contributed by atoms with van der Waals surface area (Å²) >= 11 is 0. The molecule has 0 saturated carbocycles. The predicted molar refractivity (Wildman–Crippen MR) is 111 cm³/mol. The second kappa shape index (κ2) is 8.71. The molecule has 3 amide bonds. The van der Waals surface area contributed by atoms with Crippen LogP contribution in [0.1, 0.15) is 43.0 Å². The Labute approximate surface area is 176 Å². The number of piperidine rings is 1. The first kappa shape index (κ1) is 20.8. The van der Waals surface area contributed by atoms with Gasteiger partial charge in [-0.15, -0.1) is 0 Å².